The van der Waals surface area contributed by atoms with Gasteiger partial charge in [0.15, 0.2) is 0 Å². The second-order valence-electron chi connectivity index (χ2n) is 11.0. The second-order valence-corrected chi connectivity index (χ2v) is 12.2. The summed E-state index contributed by atoms with van der Waals surface area (Å²) in [6, 6.07) is 10.2. The average Bonchev–Trinajstić information content (AvgIpc) is 3.62. The molecule has 2 aliphatic rings. The van der Waals surface area contributed by atoms with Gasteiger partial charge in [-0.2, -0.15) is 4.98 Å². The molecule has 2 fully saturated rings. The van der Waals surface area contributed by atoms with Gasteiger partial charge in [0, 0.05) is 23.6 Å². The normalized spacial score (nSPS) is 22.6. The zero-order valence-electron chi connectivity index (χ0n) is 22.0. The van der Waals surface area contributed by atoms with E-state index in [9.17, 15) is 9.90 Å². The fourth-order valence-electron chi connectivity index (χ4n) is 6.49. The zero-order valence-corrected chi connectivity index (χ0v) is 23.5. The predicted octanol–water partition coefficient (Wildman–Crippen LogP) is 4.99. The second kappa shape index (κ2) is 11.0. The van der Waals surface area contributed by atoms with Gasteiger partial charge in [-0.25, -0.2) is 9.97 Å². The van der Waals surface area contributed by atoms with E-state index in [4.69, 9.17) is 22.3 Å². The molecule has 0 spiro atoms. The first-order valence-electron chi connectivity index (χ1n) is 13.6. The molecule has 10 heteroatoms. The van der Waals surface area contributed by atoms with Crippen molar-refractivity contribution in [2.24, 2.45) is 11.8 Å². The van der Waals surface area contributed by atoms with Crippen LogP contribution in [0, 0.1) is 11.8 Å². The lowest BCUT2D eigenvalue weighted by Gasteiger charge is -2.34. The number of benzene rings is 1. The molecule has 0 amide bonds. The quantitative estimate of drug-likeness (QED) is 0.304. The van der Waals surface area contributed by atoms with Crippen LogP contribution in [0.3, 0.4) is 0 Å². The molecule has 4 heterocycles. The van der Waals surface area contributed by atoms with Crippen molar-refractivity contribution in [3.8, 4) is 10.6 Å². The van der Waals surface area contributed by atoms with Gasteiger partial charge in [-0.3, -0.25) is 9.69 Å². The smallest absolute Gasteiger partial charge is 0.226 e. The Morgan fingerprint density at radius 3 is 2.64 bits per heavy atom. The van der Waals surface area contributed by atoms with E-state index >= 15 is 0 Å². The molecule has 1 aliphatic carbocycles. The van der Waals surface area contributed by atoms with Crippen LogP contribution >= 0.6 is 22.9 Å². The van der Waals surface area contributed by atoms with E-state index in [0.29, 0.717) is 29.8 Å². The third kappa shape index (κ3) is 5.45. The third-order valence-corrected chi connectivity index (χ3v) is 9.41. The summed E-state index contributed by atoms with van der Waals surface area (Å²) in [5.74, 6) is 1.49. The summed E-state index contributed by atoms with van der Waals surface area (Å²) in [5.41, 5.74) is 10.1. The number of aliphatic hydroxyl groups is 1. The standard InChI is InChI=1S/C29H33ClN6O2S/c1-17(37)14-35-9-7-19(8-10-35)20-12-23(24(38)13-20)36-15-22(25-26(31)33-29(30)34-27(25)36)28-32-21(16-39-28)11-18-5-3-2-4-6-18/h2-6,15-16,19-20,23-24,38H,7-14H2,1H3,(H2,31,33,34)/t20-,23?,24+/m0/s1. The summed E-state index contributed by atoms with van der Waals surface area (Å²) in [4.78, 5) is 27.5. The Labute approximate surface area is 236 Å². The van der Waals surface area contributed by atoms with Gasteiger partial charge in [-0.15, -0.1) is 11.3 Å². The van der Waals surface area contributed by atoms with Gasteiger partial charge >= 0.3 is 0 Å². The van der Waals surface area contributed by atoms with E-state index in [2.05, 4.69) is 36.9 Å². The molecule has 1 saturated heterocycles. The van der Waals surface area contributed by atoms with Crippen LogP contribution in [0.1, 0.15) is 49.9 Å². The van der Waals surface area contributed by atoms with Crippen molar-refractivity contribution in [2.75, 3.05) is 25.4 Å². The van der Waals surface area contributed by atoms with Crippen molar-refractivity contribution in [3.63, 3.8) is 0 Å². The summed E-state index contributed by atoms with van der Waals surface area (Å²) in [6.45, 7) is 4.06. The highest BCUT2D eigenvalue weighted by Gasteiger charge is 2.40. The largest absolute Gasteiger partial charge is 0.391 e. The number of rotatable bonds is 7. The number of fused-ring (bicyclic) bond motifs is 1. The highest BCUT2D eigenvalue weighted by Crippen LogP contribution is 2.45. The number of carbonyl (C=O) groups is 1. The number of Topliss-reactive ketones (excluding diaryl/α,β-unsaturated/α-hetero) is 1. The Morgan fingerprint density at radius 2 is 1.90 bits per heavy atom. The number of nitrogens with zero attached hydrogens (tertiary/aromatic N) is 5. The molecule has 39 heavy (non-hydrogen) atoms. The Kier molecular flexibility index (Phi) is 7.41. The van der Waals surface area contributed by atoms with Crippen LogP contribution in [0.25, 0.3) is 21.6 Å². The van der Waals surface area contributed by atoms with Gasteiger partial charge in [0.05, 0.1) is 29.8 Å². The van der Waals surface area contributed by atoms with Gasteiger partial charge in [-0.1, -0.05) is 30.3 Å². The van der Waals surface area contributed by atoms with Crippen molar-refractivity contribution in [1.82, 2.24) is 24.4 Å². The molecule has 0 radical (unpaired) electrons. The van der Waals surface area contributed by atoms with Crippen LogP contribution in [-0.2, 0) is 11.2 Å². The Balaban J connectivity index is 1.28. The number of nitrogen functional groups attached to an aromatic ring is 1. The minimum Gasteiger partial charge on any atom is -0.391 e. The van der Waals surface area contributed by atoms with Crippen molar-refractivity contribution in [1.29, 1.82) is 0 Å². The van der Waals surface area contributed by atoms with Crippen molar-refractivity contribution >= 4 is 45.6 Å². The number of ketones is 1. The molecule has 1 saturated carbocycles. The van der Waals surface area contributed by atoms with E-state index in [1.807, 2.05) is 24.4 Å². The molecular weight excluding hydrogens is 532 g/mol. The van der Waals surface area contributed by atoms with Crippen LogP contribution in [0.4, 0.5) is 5.82 Å². The van der Waals surface area contributed by atoms with Crippen molar-refractivity contribution in [3.05, 3.63) is 58.4 Å². The SMILES string of the molecule is CC(=O)CN1CCC([C@H]2CC(n3cc(-c4nc(Cc5ccccc5)cs4)c4c(N)nc(Cl)nc43)[C@H](O)C2)CC1. The first kappa shape index (κ1) is 26.4. The number of halogens is 1. The topological polar surface area (TPSA) is 110 Å². The predicted molar refractivity (Wildman–Crippen MR) is 155 cm³/mol. The van der Waals surface area contributed by atoms with Crippen LogP contribution in [0.2, 0.25) is 5.28 Å². The van der Waals surface area contributed by atoms with E-state index in [-0.39, 0.29) is 17.1 Å². The molecule has 1 aliphatic heterocycles. The molecule has 4 aromatic rings. The van der Waals surface area contributed by atoms with Gasteiger partial charge < -0.3 is 15.4 Å². The fraction of sp³-hybridized carbons (Fsp3) is 0.448. The van der Waals surface area contributed by atoms with Crippen LogP contribution < -0.4 is 5.73 Å². The minimum absolute atomic E-state index is 0.0942. The maximum absolute atomic E-state index is 11.5. The van der Waals surface area contributed by atoms with E-state index in [1.165, 1.54) is 5.56 Å². The first-order valence-corrected chi connectivity index (χ1v) is 14.8. The van der Waals surface area contributed by atoms with Gasteiger partial charge in [-0.05, 0) is 74.7 Å². The highest BCUT2D eigenvalue weighted by atomic mass is 35.5. The van der Waals surface area contributed by atoms with Crippen LogP contribution in [0.5, 0.6) is 0 Å². The lowest BCUT2D eigenvalue weighted by molar-refractivity contribution is -0.118. The molecule has 1 unspecified atom stereocenters. The maximum Gasteiger partial charge on any atom is 0.226 e. The lowest BCUT2D eigenvalue weighted by Crippen LogP contribution is -2.38. The minimum atomic E-state index is -0.492. The number of likely N-dealkylation sites (tertiary alicyclic amines) is 1. The van der Waals surface area contributed by atoms with Crippen LogP contribution in [0.15, 0.2) is 41.9 Å². The molecule has 3 N–H and O–H groups in total. The van der Waals surface area contributed by atoms with Crippen molar-refractivity contribution < 1.29 is 9.90 Å². The molecule has 6 rings (SSSR count). The molecule has 204 valence electrons. The fourth-order valence-corrected chi connectivity index (χ4v) is 7.50. The van der Waals surface area contributed by atoms with Gasteiger partial charge in [0.1, 0.15) is 22.3 Å². The number of carbonyl (C=O) groups excluding carboxylic acids is 1. The summed E-state index contributed by atoms with van der Waals surface area (Å²) in [5, 5.41) is 15.0. The average molecular weight is 565 g/mol. The van der Waals surface area contributed by atoms with Gasteiger partial charge in [0.25, 0.3) is 0 Å². The highest BCUT2D eigenvalue weighted by molar-refractivity contribution is 7.13. The Hall–Kier alpha value is -2.85. The third-order valence-electron chi connectivity index (χ3n) is 8.32. The zero-order chi connectivity index (χ0) is 27.1. The van der Waals surface area contributed by atoms with E-state index in [1.54, 1.807) is 18.3 Å². The Morgan fingerprint density at radius 1 is 1.13 bits per heavy atom. The van der Waals surface area contributed by atoms with E-state index < -0.39 is 6.10 Å². The maximum atomic E-state index is 11.5. The lowest BCUT2D eigenvalue weighted by atomic mass is 9.83. The number of aromatic nitrogens is 4. The molecule has 8 nitrogen and oxygen atoms in total. The van der Waals surface area contributed by atoms with E-state index in [0.717, 1.165) is 66.8 Å². The molecule has 0 bridgehead atoms. The molecule has 3 aromatic heterocycles. The Bertz CT molecular complexity index is 1480. The molecule has 3 atom stereocenters. The first-order chi connectivity index (χ1) is 18.9. The molecular formula is C29H33ClN6O2S. The summed E-state index contributed by atoms with van der Waals surface area (Å²) in [6.07, 6.45) is 6.02. The number of hydrogen-bond donors (Lipinski definition) is 2. The number of anilines is 1. The number of aliphatic hydroxyl groups excluding tert-OH is 1. The number of thiazole rings is 1. The number of hydrogen-bond acceptors (Lipinski definition) is 8. The summed E-state index contributed by atoms with van der Waals surface area (Å²) in [7, 11) is 0. The molecule has 1 aromatic carbocycles. The monoisotopic (exact) mass is 564 g/mol. The summed E-state index contributed by atoms with van der Waals surface area (Å²) < 4.78 is 2.06. The summed E-state index contributed by atoms with van der Waals surface area (Å²) >= 11 is 7.84. The number of piperidine rings is 1. The van der Waals surface area contributed by atoms with Crippen molar-refractivity contribution in [2.45, 2.75) is 51.2 Å². The van der Waals surface area contributed by atoms with Crippen LogP contribution in [-0.4, -0.2) is 61.0 Å². The number of nitrogens with two attached hydrogens (primary N) is 1. The van der Waals surface area contributed by atoms with Gasteiger partial charge in [0.2, 0.25) is 5.28 Å².